The van der Waals surface area contributed by atoms with Gasteiger partial charge in [0.1, 0.15) is 12.6 Å². The molecule has 2 aromatic rings. The van der Waals surface area contributed by atoms with Crippen LogP contribution in [0.2, 0.25) is 0 Å². The molecule has 2 fully saturated rings. The number of hydrogen-bond acceptors (Lipinski definition) is 4. The zero-order chi connectivity index (χ0) is 23.7. The Morgan fingerprint density at radius 1 is 0.941 bits per heavy atom. The molecule has 0 heterocycles. The first-order valence-electron chi connectivity index (χ1n) is 12.1. The maximum atomic E-state index is 12.9. The Kier molecular flexibility index (Phi) is 6.26. The molecule has 5 rings (SSSR count). The lowest BCUT2D eigenvalue weighted by Gasteiger charge is -2.25. The fraction of sp³-hybridized carbons (Fsp3) is 0.444. The summed E-state index contributed by atoms with van der Waals surface area (Å²) < 4.78 is 5.56. The second-order valence-electron chi connectivity index (χ2n) is 9.73. The fourth-order valence-electron chi connectivity index (χ4n) is 5.60. The number of aliphatic carboxylic acids is 1. The van der Waals surface area contributed by atoms with Crippen LogP contribution in [0.5, 0.6) is 0 Å². The van der Waals surface area contributed by atoms with Crippen molar-refractivity contribution in [2.75, 3.05) is 6.61 Å². The minimum atomic E-state index is -1.01. The third-order valence-electron chi connectivity index (χ3n) is 7.49. The van der Waals surface area contributed by atoms with Gasteiger partial charge < -0.3 is 20.5 Å². The van der Waals surface area contributed by atoms with Crippen LogP contribution in [0.1, 0.15) is 55.6 Å². The molecule has 0 saturated heterocycles. The smallest absolute Gasteiger partial charge is 0.407 e. The zero-order valence-electron chi connectivity index (χ0n) is 19.0. The molecule has 2 aromatic carbocycles. The van der Waals surface area contributed by atoms with Crippen molar-refractivity contribution in [3.05, 3.63) is 59.7 Å². The summed E-state index contributed by atoms with van der Waals surface area (Å²) in [6, 6.07) is 15.3. The Bertz CT molecular complexity index is 1050. The van der Waals surface area contributed by atoms with Crippen LogP contribution in [-0.4, -0.2) is 41.8 Å². The third-order valence-corrected chi connectivity index (χ3v) is 7.49. The van der Waals surface area contributed by atoms with E-state index in [4.69, 9.17) is 9.84 Å². The van der Waals surface area contributed by atoms with Crippen molar-refractivity contribution in [1.82, 2.24) is 10.6 Å². The van der Waals surface area contributed by atoms with E-state index in [1.807, 2.05) is 36.4 Å². The van der Waals surface area contributed by atoms with Gasteiger partial charge in [0.15, 0.2) is 0 Å². The van der Waals surface area contributed by atoms with E-state index >= 15 is 0 Å². The number of ether oxygens (including phenoxy) is 1. The first-order chi connectivity index (χ1) is 16.5. The minimum absolute atomic E-state index is 0.0180. The van der Waals surface area contributed by atoms with Gasteiger partial charge in [-0.1, -0.05) is 48.5 Å². The van der Waals surface area contributed by atoms with Crippen molar-refractivity contribution >= 4 is 18.0 Å². The molecule has 0 spiro atoms. The van der Waals surface area contributed by atoms with Crippen LogP contribution >= 0.6 is 0 Å². The van der Waals surface area contributed by atoms with Gasteiger partial charge in [0.2, 0.25) is 5.91 Å². The van der Waals surface area contributed by atoms with Gasteiger partial charge in [0.25, 0.3) is 0 Å². The predicted octanol–water partition coefficient (Wildman–Crippen LogP) is 4.06. The molecule has 7 heteroatoms. The molecule has 0 aliphatic heterocycles. The van der Waals surface area contributed by atoms with Crippen molar-refractivity contribution in [1.29, 1.82) is 0 Å². The minimum Gasteiger partial charge on any atom is -0.481 e. The van der Waals surface area contributed by atoms with E-state index in [2.05, 4.69) is 22.8 Å². The first-order valence-corrected chi connectivity index (χ1v) is 12.1. The highest BCUT2D eigenvalue weighted by atomic mass is 16.5. The topological polar surface area (TPSA) is 105 Å². The lowest BCUT2D eigenvalue weighted by Crippen LogP contribution is -2.50. The number of carboxylic acid groups (broad SMARTS) is 1. The number of alkyl carbamates (subject to hydrolysis) is 1. The number of hydrogen-bond donors (Lipinski definition) is 3. The summed E-state index contributed by atoms with van der Waals surface area (Å²) in [6.45, 7) is 0.138. The molecule has 0 bridgehead atoms. The van der Waals surface area contributed by atoms with Gasteiger partial charge in [-0.05, 0) is 66.2 Å². The number of nitrogens with one attached hydrogen (secondary N) is 2. The van der Waals surface area contributed by atoms with E-state index in [0.29, 0.717) is 5.92 Å². The van der Waals surface area contributed by atoms with Crippen molar-refractivity contribution in [3.8, 4) is 11.1 Å². The third kappa shape index (κ3) is 4.79. The van der Waals surface area contributed by atoms with Crippen LogP contribution in [-0.2, 0) is 14.3 Å². The summed E-state index contributed by atoms with van der Waals surface area (Å²) in [4.78, 5) is 36.7. The average molecular weight is 463 g/mol. The van der Waals surface area contributed by atoms with Gasteiger partial charge in [-0.15, -0.1) is 0 Å². The van der Waals surface area contributed by atoms with E-state index < -0.39 is 18.1 Å². The summed E-state index contributed by atoms with van der Waals surface area (Å²) in [5.74, 6) is 0.0872. The zero-order valence-corrected chi connectivity index (χ0v) is 19.0. The van der Waals surface area contributed by atoms with Gasteiger partial charge in [-0.25, -0.2) is 4.79 Å². The van der Waals surface area contributed by atoms with Gasteiger partial charge >= 0.3 is 12.1 Å². The number of rotatable bonds is 8. The maximum Gasteiger partial charge on any atom is 0.407 e. The molecule has 7 nitrogen and oxygen atoms in total. The molecule has 0 aromatic heterocycles. The van der Waals surface area contributed by atoms with Gasteiger partial charge in [-0.3, -0.25) is 9.59 Å². The van der Waals surface area contributed by atoms with Crippen LogP contribution in [0, 0.1) is 11.8 Å². The summed E-state index contributed by atoms with van der Waals surface area (Å²) >= 11 is 0. The summed E-state index contributed by atoms with van der Waals surface area (Å²) in [5, 5.41) is 14.7. The monoisotopic (exact) mass is 462 g/mol. The summed E-state index contributed by atoms with van der Waals surface area (Å²) in [6.07, 6.45) is 3.36. The van der Waals surface area contributed by atoms with E-state index in [1.165, 1.54) is 6.42 Å². The average Bonchev–Trinajstić information content (AvgIpc) is 3.54. The largest absolute Gasteiger partial charge is 0.481 e. The molecule has 4 atom stereocenters. The Balaban J connectivity index is 1.21. The summed E-state index contributed by atoms with van der Waals surface area (Å²) in [5.41, 5.74) is 4.48. The van der Waals surface area contributed by atoms with Crippen molar-refractivity contribution < 1.29 is 24.2 Å². The fourth-order valence-corrected chi connectivity index (χ4v) is 5.60. The van der Waals surface area contributed by atoms with E-state index in [0.717, 1.165) is 47.4 Å². The van der Waals surface area contributed by atoms with E-state index in [1.54, 1.807) is 0 Å². The van der Waals surface area contributed by atoms with E-state index in [-0.39, 0.29) is 37.3 Å². The Morgan fingerprint density at radius 2 is 1.62 bits per heavy atom. The standard InChI is InChI=1S/C27H30N2O5/c30-25(31)12-11-24(26(32)28-18-10-9-16-13-17(16)14-18)29-27(33)34-15-23-21-7-3-1-5-19(21)20-6-2-4-8-22(20)23/h1-8,16-18,23-24H,9-15H2,(H,28,32)(H,29,33)(H,30,31). The van der Waals surface area contributed by atoms with Gasteiger partial charge in [0, 0.05) is 18.4 Å². The van der Waals surface area contributed by atoms with Crippen LogP contribution < -0.4 is 10.6 Å². The Labute approximate surface area is 198 Å². The number of benzene rings is 2. The molecule has 0 radical (unpaired) electrons. The summed E-state index contributed by atoms with van der Waals surface area (Å²) in [7, 11) is 0. The van der Waals surface area contributed by atoms with Gasteiger partial charge in [-0.2, -0.15) is 0 Å². The maximum absolute atomic E-state index is 12.9. The first kappa shape index (κ1) is 22.4. The molecule has 34 heavy (non-hydrogen) atoms. The number of carboxylic acids is 1. The van der Waals surface area contributed by atoms with Gasteiger partial charge in [0.05, 0.1) is 0 Å². The highest BCUT2D eigenvalue weighted by Crippen LogP contribution is 2.49. The second-order valence-corrected chi connectivity index (χ2v) is 9.73. The normalized spacial score (nSPS) is 23.1. The van der Waals surface area contributed by atoms with E-state index in [9.17, 15) is 14.4 Å². The molecule has 2 amide bonds. The molecular weight excluding hydrogens is 432 g/mol. The molecule has 3 aliphatic carbocycles. The molecule has 3 aliphatic rings. The number of carbonyl (C=O) groups excluding carboxylic acids is 2. The van der Waals surface area contributed by atoms with Crippen LogP contribution in [0.3, 0.4) is 0 Å². The van der Waals surface area contributed by atoms with Crippen molar-refractivity contribution in [3.63, 3.8) is 0 Å². The van der Waals surface area contributed by atoms with Crippen LogP contribution in [0.15, 0.2) is 48.5 Å². The van der Waals surface area contributed by atoms with Crippen LogP contribution in [0.4, 0.5) is 4.79 Å². The number of carbonyl (C=O) groups is 3. The lowest BCUT2D eigenvalue weighted by atomic mass is 9.95. The molecule has 2 saturated carbocycles. The quantitative estimate of drug-likeness (QED) is 0.549. The molecule has 178 valence electrons. The highest BCUT2D eigenvalue weighted by molar-refractivity contribution is 5.86. The second kappa shape index (κ2) is 9.49. The molecular formula is C27H30N2O5. The highest BCUT2D eigenvalue weighted by Gasteiger charge is 2.42. The van der Waals surface area contributed by atoms with Crippen LogP contribution in [0.25, 0.3) is 11.1 Å². The lowest BCUT2D eigenvalue weighted by molar-refractivity contribution is -0.137. The predicted molar refractivity (Wildman–Crippen MR) is 126 cm³/mol. The number of amides is 2. The van der Waals surface area contributed by atoms with Crippen molar-refractivity contribution in [2.45, 2.75) is 56.5 Å². The SMILES string of the molecule is O=C(O)CCC(NC(=O)OCC1c2ccccc2-c2ccccc21)C(=O)NC1CCC2CC2C1. The molecule has 4 unspecified atom stereocenters. The Morgan fingerprint density at radius 3 is 2.26 bits per heavy atom. The number of fused-ring (bicyclic) bond motifs is 4. The van der Waals surface area contributed by atoms with Crippen molar-refractivity contribution in [2.24, 2.45) is 11.8 Å². The molecule has 3 N–H and O–H groups in total. The Hall–Kier alpha value is -3.35.